The second-order valence-corrected chi connectivity index (χ2v) is 2.55. The Labute approximate surface area is 77.8 Å². The van der Waals surface area contributed by atoms with Crippen LogP contribution in [0.4, 0.5) is 0 Å². The van der Waals surface area contributed by atoms with E-state index in [-0.39, 0.29) is 13.2 Å². The minimum atomic E-state index is -1.03. The molecule has 0 aliphatic rings. The molecule has 0 saturated carbocycles. The van der Waals surface area contributed by atoms with Crippen LogP contribution >= 0.6 is 0 Å². The standard InChI is InChI=1S/C8H17NO4/c1-2-3-12-4-5-13-7(6-9)8(10)11/h7H,2-6,9H2,1H3,(H,10,11). The zero-order chi connectivity index (χ0) is 10.1. The summed E-state index contributed by atoms with van der Waals surface area (Å²) in [5.74, 6) is -1.03. The Balaban J connectivity index is 3.33. The van der Waals surface area contributed by atoms with Crippen LogP contribution in [0.1, 0.15) is 13.3 Å². The normalized spacial score (nSPS) is 12.8. The van der Waals surface area contributed by atoms with E-state index in [1.165, 1.54) is 0 Å². The first kappa shape index (κ1) is 12.3. The van der Waals surface area contributed by atoms with Gasteiger partial charge in [-0.15, -0.1) is 0 Å². The van der Waals surface area contributed by atoms with Crippen molar-refractivity contribution in [2.45, 2.75) is 19.4 Å². The smallest absolute Gasteiger partial charge is 0.334 e. The monoisotopic (exact) mass is 191 g/mol. The van der Waals surface area contributed by atoms with E-state index in [1.54, 1.807) is 0 Å². The van der Waals surface area contributed by atoms with Gasteiger partial charge < -0.3 is 20.3 Å². The van der Waals surface area contributed by atoms with Gasteiger partial charge >= 0.3 is 5.97 Å². The van der Waals surface area contributed by atoms with Crippen LogP contribution in [-0.4, -0.2) is 43.5 Å². The number of aliphatic carboxylic acids is 1. The van der Waals surface area contributed by atoms with Crippen LogP contribution in [0.3, 0.4) is 0 Å². The zero-order valence-corrected chi connectivity index (χ0v) is 7.86. The molecule has 78 valence electrons. The molecule has 5 nitrogen and oxygen atoms in total. The van der Waals surface area contributed by atoms with Gasteiger partial charge in [-0.25, -0.2) is 4.79 Å². The maximum atomic E-state index is 10.4. The van der Waals surface area contributed by atoms with Crippen LogP contribution < -0.4 is 5.73 Å². The fourth-order valence-corrected chi connectivity index (χ4v) is 0.736. The molecule has 0 aromatic carbocycles. The Bertz CT molecular complexity index is 140. The number of carboxylic acid groups (broad SMARTS) is 1. The molecule has 0 bridgehead atoms. The van der Waals surface area contributed by atoms with E-state index in [2.05, 4.69) is 0 Å². The van der Waals surface area contributed by atoms with Crippen molar-refractivity contribution < 1.29 is 19.4 Å². The van der Waals surface area contributed by atoms with Crippen molar-refractivity contribution in [1.82, 2.24) is 0 Å². The Hall–Kier alpha value is -0.650. The maximum absolute atomic E-state index is 10.4. The quantitative estimate of drug-likeness (QED) is 0.521. The number of carboxylic acids is 1. The van der Waals surface area contributed by atoms with Crippen molar-refractivity contribution in [2.75, 3.05) is 26.4 Å². The fraction of sp³-hybridized carbons (Fsp3) is 0.875. The highest BCUT2D eigenvalue weighted by atomic mass is 16.5. The Kier molecular flexibility index (Phi) is 7.57. The highest BCUT2D eigenvalue weighted by Gasteiger charge is 2.14. The molecule has 0 aromatic heterocycles. The molecule has 1 unspecified atom stereocenters. The second kappa shape index (κ2) is 7.97. The van der Waals surface area contributed by atoms with E-state index in [0.29, 0.717) is 13.2 Å². The summed E-state index contributed by atoms with van der Waals surface area (Å²) in [4.78, 5) is 10.4. The van der Waals surface area contributed by atoms with E-state index < -0.39 is 12.1 Å². The lowest BCUT2D eigenvalue weighted by Crippen LogP contribution is -2.33. The fourth-order valence-electron chi connectivity index (χ4n) is 0.736. The van der Waals surface area contributed by atoms with Gasteiger partial charge in [0.2, 0.25) is 0 Å². The summed E-state index contributed by atoms with van der Waals surface area (Å²) >= 11 is 0. The van der Waals surface area contributed by atoms with Gasteiger partial charge in [-0.1, -0.05) is 6.92 Å². The third-order valence-corrected chi connectivity index (χ3v) is 1.38. The molecule has 0 rings (SSSR count). The van der Waals surface area contributed by atoms with Gasteiger partial charge in [0, 0.05) is 13.2 Å². The molecule has 0 aromatic rings. The van der Waals surface area contributed by atoms with Crippen LogP contribution in [0.15, 0.2) is 0 Å². The third kappa shape index (κ3) is 6.51. The van der Waals surface area contributed by atoms with Crippen LogP contribution in [-0.2, 0) is 14.3 Å². The lowest BCUT2D eigenvalue weighted by molar-refractivity contribution is -0.150. The number of hydrogen-bond donors (Lipinski definition) is 2. The summed E-state index contributed by atoms with van der Waals surface area (Å²) < 4.78 is 10.0. The maximum Gasteiger partial charge on any atom is 0.334 e. The van der Waals surface area contributed by atoms with Crippen molar-refractivity contribution >= 4 is 5.97 Å². The van der Waals surface area contributed by atoms with E-state index in [0.717, 1.165) is 6.42 Å². The van der Waals surface area contributed by atoms with Gasteiger partial charge in [0.1, 0.15) is 0 Å². The van der Waals surface area contributed by atoms with Gasteiger partial charge in [-0.2, -0.15) is 0 Å². The molecule has 3 N–H and O–H groups in total. The summed E-state index contributed by atoms with van der Waals surface area (Å²) in [5, 5.41) is 8.53. The van der Waals surface area contributed by atoms with Gasteiger partial charge in [0.25, 0.3) is 0 Å². The molecule has 13 heavy (non-hydrogen) atoms. The highest BCUT2D eigenvalue weighted by Crippen LogP contribution is 1.90. The lowest BCUT2D eigenvalue weighted by atomic mass is 10.4. The summed E-state index contributed by atoms with van der Waals surface area (Å²) in [6, 6.07) is 0. The topological polar surface area (TPSA) is 81.8 Å². The van der Waals surface area contributed by atoms with Crippen molar-refractivity contribution in [3.05, 3.63) is 0 Å². The first-order valence-corrected chi connectivity index (χ1v) is 4.34. The summed E-state index contributed by atoms with van der Waals surface area (Å²) in [6.45, 7) is 3.35. The van der Waals surface area contributed by atoms with Gasteiger partial charge in [-0.05, 0) is 6.42 Å². The summed E-state index contributed by atoms with van der Waals surface area (Å²) in [7, 11) is 0. The van der Waals surface area contributed by atoms with Gasteiger partial charge in [-0.3, -0.25) is 0 Å². The minimum Gasteiger partial charge on any atom is -0.479 e. The van der Waals surface area contributed by atoms with Crippen LogP contribution in [0.25, 0.3) is 0 Å². The van der Waals surface area contributed by atoms with Gasteiger partial charge in [0.15, 0.2) is 6.10 Å². The first-order valence-electron chi connectivity index (χ1n) is 4.34. The molecule has 0 aliphatic carbocycles. The molecule has 0 amide bonds. The lowest BCUT2D eigenvalue weighted by Gasteiger charge is -2.10. The number of ether oxygens (including phenoxy) is 2. The summed E-state index contributed by atoms with van der Waals surface area (Å²) in [5.41, 5.74) is 5.17. The number of carbonyl (C=O) groups is 1. The van der Waals surface area contributed by atoms with E-state index in [9.17, 15) is 4.79 Å². The molecule has 0 radical (unpaired) electrons. The summed E-state index contributed by atoms with van der Waals surface area (Å²) in [6.07, 6.45) is 0.0319. The van der Waals surface area contributed by atoms with Crippen LogP contribution in [0, 0.1) is 0 Å². The second-order valence-electron chi connectivity index (χ2n) is 2.55. The van der Waals surface area contributed by atoms with Crippen molar-refractivity contribution in [3.63, 3.8) is 0 Å². The van der Waals surface area contributed by atoms with Crippen molar-refractivity contribution in [2.24, 2.45) is 5.73 Å². The zero-order valence-electron chi connectivity index (χ0n) is 7.86. The predicted octanol–water partition coefficient (Wildman–Crippen LogP) is -0.158. The third-order valence-electron chi connectivity index (χ3n) is 1.38. The Morgan fingerprint density at radius 1 is 1.46 bits per heavy atom. The predicted molar refractivity (Wildman–Crippen MR) is 47.5 cm³/mol. The Morgan fingerprint density at radius 2 is 2.15 bits per heavy atom. The average Bonchev–Trinajstić information content (AvgIpc) is 2.10. The molecule has 5 heteroatoms. The molecule has 0 fully saturated rings. The molecular formula is C8H17NO4. The molecule has 0 aliphatic heterocycles. The van der Waals surface area contributed by atoms with E-state index >= 15 is 0 Å². The van der Waals surface area contributed by atoms with Crippen LogP contribution in [0.2, 0.25) is 0 Å². The number of nitrogens with two attached hydrogens (primary N) is 1. The first-order chi connectivity index (χ1) is 6.22. The van der Waals surface area contributed by atoms with Crippen molar-refractivity contribution in [1.29, 1.82) is 0 Å². The number of rotatable bonds is 8. The molecule has 0 heterocycles. The molecule has 0 spiro atoms. The highest BCUT2D eigenvalue weighted by molar-refractivity contribution is 5.72. The minimum absolute atomic E-state index is 0.0108. The molecular weight excluding hydrogens is 174 g/mol. The molecule has 1 atom stereocenters. The van der Waals surface area contributed by atoms with Crippen LogP contribution in [0.5, 0.6) is 0 Å². The number of hydrogen-bond acceptors (Lipinski definition) is 4. The van der Waals surface area contributed by atoms with E-state index in [4.69, 9.17) is 20.3 Å². The molecule has 0 saturated heterocycles. The van der Waals surface area contributed by atoms with Crippen molar-refractivity contribution in [3.8, 4) is 0 Å². The SMILES string of the molecule is CCCOCCOC(CN)C(=O)O. The average molecular weight is 191 g/mol. The Morgan fingerprint density at radius 3 is 2.62 bits per heavy atom. The largest absolute Gasteiger partial charge is 0.479 e. The van der Waals surface area contributed by atoms with Gasteiger partial charge in [0.05, 0.1) is 13.2 Å². The van der Waals surface area contributed by atoms with E-state index in [1.807, 2.05) is 6.92 Å².